The molecule has 0 saturated carbocycles. The summed E-state index contributed by atoms with van der Waals surface area (Å²) in [5.41, 5.74) is 0.880. The quantitative estimate of drug-likeness (QED) is 0.726. The van der Waals surface area contributed by atoms with Gasteiger partial charge < -0.3 is 10.6 Å². The van der Waals surface area contributed by atoms with E-state index in [0.29, 0.717) is 36.8 Å². The van der Waals surface area contributed by atoms with Crippen molar-refractivity contribution in [3.63, 3.8) is 0 Å². The molecule has 27 heavy (non-hydrogen) atoms. The summed E-state index contributed by atoms with van der Waals surface area (Å²) < 4.78 is 28.3. The Bertz CT molecular complexity index is 858. The van der Waals surface area contributed by atoms with Crippen LogP contribution in [0.4, 0.5) is 0 Å². The second kappa shape index (κ2) is 9.61. The van der Waals surface area contributed by atoms with Crippen molar-refractivity contribution in [3.8, 4) is 0 Å². The highest BCUT2D eigenvalue weighted by atomic mass is 35.5. The first-order valence-electron chi connectivity index (χ1n) is 8.44. The summed E-state index contributed by atoms with van der Waals surface area (Å²) in [6, 6.07) is 6.93. The molecule has 0 aromatic carbocycles. The van der Waals surface area contributed by atoms with Crippen LogP contribution in [-0.4, -0.2) is 49.8 Å². The van der Waals surface area contributed by atoms with Gasteiger partial charge in [0.15, 0.2) is 0 Å². The molecule has 1 atom stereocenters. The molecule has 0 radical (unpaired) electrons. The normalized spacial score (nSPS) is 17.9. The van der Waals surface area contributed by atoms with Crippen LogP contribution in [0.5, 0.6) is 0 Å². The van der Waals surface area contributed by atoms with E-state index < -0.39 is 10.0 Å². The fraction of sp³-hybridized carbons (Fsp3) is 0.412. The van der Waals surface area contributed by atoms with Crippen LogP contribution in [0.25, 0.3) is 0 Å². The number of hydrogen-bond acceptors (Lipinski definition) is 6. The van der Waals surface area contributed by atoms with Crippen LogP contribution in [0.3, 0.4) is 0 Å². The van der Waals surface area contributed by atoms with Crippen LogP contribution in [0.15, 0.2) is 40.9 Å². The number of carbonyl (C=O) groups excluding carboxylic acids is 1. The minimum absolute atomic E-state index is 0. The van der Waals surface area contributed by atoms with Crippen molar-refractivity contribution < 1.29 is 13.2 Å². The largest absolute Gasteiger partial charge is 0.356 e. The SMILES string of the molecule is CC(=O)NCCc1ccc(S(=O)(=O)N2CCNCC2c2cccnc2)s1.Cl. The summed E-state index contributed by atoms with van der Waals surface area (Å²) in [7, 11) is -3.58. The summed E-state index contributed by atoms with van der Waals surface area (Å²) in [6.45, 7) is 3.57. The first-order valence-corrected chi connectivity index (χ1v) is 10.7. The van der Waals surface area contributed by atoms with Crippen LogP contribution in [0.2, 0.25) is 0 Å². The fourth-order valence-corrected chi connectivity index (χ4v) is 6.04. The highest BCUT2D eigenvalue weighted by Crippen LogP contribution is 2.32. The van der Waals surface area contributed by atoms with Gasteiger partial charge in [0.1, 0.15) is 4.21 Å². The standard InChI is InChI=1S/C17H22N4O3S2.ClH/c1-13(22)20-8-6-15-4-5-17(25-15)26(23,24)21-10-9-19-12-16(21)14-3-2-7-18-11-14;/h2-5,7,11,16,19H,6,8-10,12H2,1H3,(H,20,22);1H. The number of aromatic nitrogens is 1. The van der Waals surface area contributed by atoms with Crippen molar-refractivity contribution in [2.24, 2.45) is 0 Å². The van der Waals surface area contributed by atoms with Gasteiger partial charge in [-0.1, -0.05) is 6.07 Å². The van der Waals surface area contributed by atoms with Gasteiger partial charge in [0.25, 0.3) is 10.0 Å². The van der Waals surface area contributed by atoms with E-state index in [9.17, 15) is 13.2 Å². The molecule has 7 nitrogen and oxygen atoms in total. The van der Waals surface area contributed by atoms with Gasteiger partial charge in [-0.25, -0.2) is 8.42 Å². The molecule has 1 unspecified atom stereocenters. The zero-order valence-electron chi connectivity index (χ0n) is 14.9. The maximum atomic E-state index is 13.2. The second-order valence-electron chi connectivity index (χ2n) is 6.08. The first kappa shape index (κ1) is 21.8. The Balaban J connectivity index is 0.00000261. The molecule has 10 heteroatoms. The number of hydrogen-bond donors (Lipinski definition) is 2. The lowest BCUT2D eigenvalue weighted by atomic mass is 10.1. The number of sulfonamides is 1. The van der Waals surface area contributed by atoms with E-state index in [2.05, 4.69) is 15.6 Å². The van der Waals surface area contributed by atoms with Crippen molar-refractivity contribution in [2.45, 2.75) is 23.6 Å². The zero-order chi connectivity index (χ0) is 18.6. The minimum atomic E-state index is -3.58. The number of amides is 1. The zero-order valence-corrected chi connectivity index (χ0v) is 17.4. The number of piperazine rings is 1. The lowest BCUT2D eigenvalue weighted by Gasteiger charge is -2.34. The summed E-state index contributed by atoms with van der Waals surface area (Å²) in [4.78, 5) is 16.0. The molecular weight excluding hydrogens is 408 g/mol. The molecule has 2 N–H and O–H groups in total. The number of rotatable bonds is 6. The van der Waals surface area contributed by atoms with Crippen molar-refractivity contribution in [2.75, 3.05) is 26.2 Å². The topological polar surface area (TPSA) is 91.4 Å². The Kier molecular flexibility index (Phi) is 7.75. The predicted molar refractivity (Wildman–Crippen MR) is 108 cm³/mol. The van der Waals surface area contributed by atoms with E-state index in [1.807, 2.05) is 18.2 Å². The molecular formula is C17H23ClN4O3S2. The van der Waals surface area contributed by atoms with E-state index in [-0.39, 0.29) is 24.4 Å². The molecule has 1 fully saturated rings. The number of pyridine rings is 1. The van der Waals surface area contributed by atoms with Gasteiger partial charge in [0, 0.05) is 50.4 Å². The molecule has 1 aliphatic heterocycles. The van der Waals surface area contributed by atoms with Gasteiger partial charge >= 0.3 is 0 Å². The summed E-state index contributed by atoms with van der Waals surface area (Å²) >= 11 is 1.27. The molecule has 1 amide bonds. The Labute approximate surface area is 169 Å². The minimum Gasteiger partial charge on any atom is -0.356 e. The monoisotopic (exact) mass is 430 g/mol. The lowest BCUT2D eigenvalue weighted by Crippen LogP contribution is -2.48. The first-order chi connectivity index (χ1) is 12.5. The smallest absolute Gasteiger partial charge is 0.253 e. The van der Waals surface area contributed by atoms with Gasteiger partial charge in [-0.05, 0) is 30.2 Å². The summed E-state index contributed by atoms with van der Waals surface area (Å²) in [5.74, 6) is -0.0884. The highest BCUT2D eigenvalue weighted by Gasteiger charge is 2.35. The van der Waals surface area contributed by atoms with Crippen LogP contribution >= 0.6 is 23.7 Å². The molecule has 2 aromatic heterocycles. The Morgan fingerprint density at radius 2 is 2.22 bits per heavy atom. The van der Waals surface area contributed by atoms with E-state index in [1.54, 1.807) is 22.8 Å². The van der Waals surface area contributed by atoms with E-state index in [1.165, 1.54) is 18.3 Å². The number of nitrogens with zero attached hydrogens (tertiary/aromatic N) is 2. The molecule has 1 saturated heterocycles. The second-order valence-corrected chi connectivity index (χ2v) is 9.36. The Morgan fingerprint density at radius 1 is 1.41 bits per heavy atom. The van der Waals surface area contributed by atoms with Crippen LogP contribution in [0.1, 0.15) is 23.4 Å². The average molecular weight is 431 g/mol. The molecule has 148 valence electrons. The van der Waals surface area contributed by atoms with Gasteiger partial charge in [-0.3, -0.25) is 9.78 Å². The van der Waals surface area contributed by atoms with E-state index >= 15 is 0 Å². The molecule has 0 bridgehead atoms. The third-order valence-electron chi connectivity index (χ3n) is 4.21. The van der Waals surface area contributed by atoms with Gasteiger partial charge in [0.05, 0.1) is 6.04 Å². The maximum absolute atomic E-state index is 13.2. The van der Waals surface area contributed by atoms with Gasteiger partial charge in [-0.2, -0.15) is 4.31 Å². The fourth-order valence-electron chi connectivity index (χ4n) is 2.94. The molecule has 0 spiro atoms. The third kappa shape index (κ3) is 5.26. The van der Waals surface area contributed by atoms with Crippen molar-refractivity contribution in [3.05, 3.63) is 47.1 Å². The highest BCUT2D eigenvalue weighted by molar-refractivity contribution is 7.91. The lowest BCUT2D eigenvalue weighted by molar-refractivity contribution is -0.118. The maximum Gasteiger partial charge on any atom is 0.253 e. The molecule has 2 aromatic rings. The Morgan fingerprint density at radius 3 is 2.93 bits per heavy atom. The molecule has 3 heterocycles. The van der Waals surface area contributed by atoms with Gasteiger partial charge in [0.2, 0.25) is 5.91 Å². The summed E-state index contributed by atoms with van der Waals surface area (Å²) in [6.07, 6.45) is 4.01. The van der Waals surface area contributed by atoms with Crippen molar-refractivity contribution in [1.29, 1.82) is 0 Å². The van der Waals surface area contributed by atoms with Crippen LogP contribution in [-0.2, 0) is 21.2 Å². The molecule has 3 rings (SSSR count). The molecule has 1 aliphatic rings. The number of nitrogens with one attached hydrogen (secondary N) is 2. The molecule has 0 aliphatic carbocycles. The van der Waals surface area contributed by atoms with E-state index in [4.69, 9.17) is 0 Å². The van der Waals surface area contributed by atoms with Crippen molar-refractivity contribution >= 4 is 39.7 Å². The predicted octanol–water partition coefficient (Wildman–Crippen LogP) is 1.58. The number of halogens is 1. The average Bonchev–Trinajstić information content (AvgIpc) is 3.12. The number of carbonyl (C=O) groups is 1. The van der Waals surface area contributed by atoms with Gasteiger partial charge in [-0.15, -0.1) is 23.7 Å². The van der Waals surface area contributed by atoms with Crippen LogP contribution in [0, 0.1) is 0 Å². The number of thiophene rings is 1. The third-order valence-corrected chi connectivity index (χ3v) is 7.73. The Hall–Kier alpha value is -1.52. The van der Waals surface area contributed by atoms with Crippen LogP contribution < -0.4 is 10.6 Å². The van der Waals surface area contributed by atoms with E-state index in [0.717, 1.165) is 10.4 Å². The van der Waals surface area contributed by atoms with Crippen molar-refractivity contribution in [1.82, 2.24) is 19.9 Å². The summed E-state index contributed by atoms with van der Waals surface area (Å²) in [5, 5.41) is 5.99.